The van der Waals surface area contributed by atoms with E-state index < -0.39 is 6.10 Å². The SMILES string of the molecule is CC(Oc1ccc2c(c1)OCC2=O)C(=O)N1CCOCC1. The summed E-state index contributed by atoms with van der Waals surface area (Å²) in [5.74, 6) is 0.950. The van der Waals surface area contributed by atoms with Crippen molar-refractivity contribution in [1.82, 2.24) is 4.90 Å². The van der Waals surface area contributed by atoms with Crippen LogP contribution in [0.1, 0.15) is 17.3 Å². The number of ether oxygens (including phenoxy) is 3. The second-order valence-corrected chi connectivity index (χ2v) is 5.07. The first-order valence-electron chi connectivity index (χ1n) is 6.98. The molecule has 1 aromatic rings. The van der Waals surface area contributed by atoms with E-state index in [1.165, 1.54) is 0 Å². The molecule has 2 heterocycles. The lowest BCUT2D eigenvalue weighted by molar-refractivity contribution is -0.142. The molecule has 1 amide bonds. The molecule has 1 fully saturated rings. The number of ketones is 1. The third-order valence-electron chi connectivity index (χ3n) is 3.60. The van der Waals surface area contributed by atoms with Crippen molar-refractivity contribution in [2.24, 2.45) is 0 Å². The fourth-order valence-electron chi connectivity index (χ4n) is 2.44. The van der Waals surface area contributed by atoms with Crippen LogP contribution in [-0.2, 0) is 9.53 Å². The van der Waals surface area contributed by atoms with Crippen molar-refractivity contribution in [3.8, 4) is 11.5 Å². The maximum atomic E-state index is 12.2. The largest absolute Gasteiger partial charge is 0.485 e. The molecule has 0 spiro atoms. The van der Waals surface area contributed by atoms with Crippen LogP contribution in [0.4, 0.5) is 0 Å². The Morgan fingerprint density at radius 2 is 2.10 bits per heavy atom. The predicted octanol–water partition coefficient (Wildman–Crippen LogP) is 0.888. The summed E-state index contributed by atoms with van der Waals surface area (Å²) in [5.41, 5.74) is 0.564. The summed E-state index contributed by atoms with van der Waals surface area (Å²) in [4.78, 5) is 25.5. The minimum Gasteiger partial charge on any atom is -0.485 e. The smallest absolute Gasteiger partial charge is 0.263 e. The molecule has 112 valence electrons. The van der Waals surface area contributed by atoms with Crippen molar-refractivity contribution in [3.63, 3.8) is 0 Å². The fraction of sp³-hybridized carbons (Fsp3) is 0.467. The molecule has 6 heteroatoms. The van der Waals surface area contributed by atoms with Gasteiger partial charge in [-0.15, -0.1) is 0 Å². The normalized spacial score (nSPS) is 18.9. The van der Waals surface area contributed by atoms with Crippen LogP contribution in [0, 0.1) is 0 Å². The van der Waals surface area contributed by atoms with Crippen molar-refractivity contribution < 1.29 is 23.8 Å². The molecule has 0 aliphatic carbocycles. The molecule has 0 bridgehead atoms. The number of carbonyl (C=O) groups excluding carboxylic acids is 2. The average Bonchev–Trinajstić information content (AvgIpc) is 2.88. The zero-order valence-electron chi connectivity index (χ0n) is 11.8. The monoisotopic (exact) mass is 291 g/mol. The van der Waals surface area contributed by atoms with E-state index in [1.807, 2.05) is 0 Å². The van der Waals surface area contributed by atoms with Gasteiger partial charge in [0.05, 0.1) is 18.8 Å². The quantitative estimate of drug-likeness (QED) is 0.827. The number of benzene rings is 1. The van der Waals surface area contributed by atoms with E-state index in [0.29, 0.717) is 43.4 Å². The molecule has 2 aliphatic heterocycles. The zero-order valence-corrected chi connectivity index (χ0v) is 11.8. The predicted molar refractivity (Wildman–Crippen MR) is 73.8 cm³/mol. The van der Waals surface area contributed by atoms with Crippen LogP contribution in [0.15, 0.2) is 18.2 Å². The average molecular weight is 291 g/mol. The molecule has 1 unspecified atom stereocenters. The Morgan fingerprint density at radius 1 is 1.33 bits per heavy atom. The summed E-state index contributed by atoms with van der Waals surface area (Å²) in [6.45, 7) is 4.10. The van der Waals surface area contributed by atoms with Crippen LogP contribution >= 0.6 is 0 Å². The molecule has 1 saturated heterocycles. The van der Waals surface area contributed by atoms with E-state index in [4.69, 9.17) is 14.2 Å². The number of nitrogens with zero attached hydrogens (tertiary/aromatic N) is 1. The number of hydrogen-bond acceptors (Lipinski definition) is 5. The first-order chi connectivity index (χ1) is 10.1. The Morgan fingerprint density at radius 3 is 2.86 bits per heavy atom. The highest BCUT2D eigenvalue weighted by atomic mass is 16.5. The van der Waals surface area contributed by atoms with Gasteiger partial charge in [0, 0.05) is 19.2 Å². The molecule has 3 rings (SSSR count). The highest BCUT2D eigenvalue weighted by molar-refractivity contribution is 6.02. The summed E-state index contributed by atoms with van der Waals surface area (Å²) in [5, 5.41) is 0. The van der Waals surface area contributed by atoms with Crippen molar-refractivity contribution in [2.45, 2.75) is 13.0 Å². The number of amides is 1. The zero-order chi connectivity index (χ0) is 14.8. The third-order valence-corrected chi connectivity index (χ3v) is 3.60. The Labute approximate surface area is 122 Å². The third kappa shape index (κ3) is 2.85. The number of Topliss-reactive ketones (excluding diaryl/α,β-unsaturated/α-hetero) is 1. The van der Waals surface area contributed by atoms with Crippen LogP contribution < -0.4 is 9.47 Å². The molecule has 0 N–H and O–H groups in total. The Balaban J connectivity index is 1.66. The minimum absolute atomic E-state index is 0.0333. The maximum absolute atomic E-state index is 12.2. The summed E-state index contributed by atoms with van der Waals surface area (Å²) < 4.78 is 16.2. The molecule has 2 aliphatic rings. The van der Waals surface area contributed by atoms with Crippen LogP contribution in [0.3, 0.4) is 0 Å². The number of carbonyl (C=O) groups is 2. The Hall–Kier alpha value is -2.08. The van der Waals surface area contributed by atoms with Gasteiger partial charge in [-0.2, -0.15) is 0 Å². The van der Waals surface area contributed by atoms with E-state index in [0.717, 1.165) is 0 Å². The van der Waals surface area contributed by atoms with Gasteiger partial charge in [0.1, 0.15) is 11.5 Å². The van der Waals surface area contributed by atoms with Crippen molar-refractivity contribution in [2.75, 3.05) is 32.9 Å². The van der Waals surface area contributed by atoms with Gasteiger partial charge in [0.2, 0.25) is 5.78 Å². The second-order valence-electron chi connectivity index (χ2n) is 5.07. The van der Waals surface area contributed by atoms with E-state index in [1.54, 1.807) is 30.0 Å². The van der Waals surface area contributed by atoms with Gasteiger partial charge in [-0.25, -0.2) is 0 Å². The van der Waals surface area contributed by atoms with E-state index in [2.05, 4.69) is 0 Å². The Bertz CT molecular complexity index is 565. The van der Waals surface area contributed by atoms with E-state index in [-0.39, 0.29) is 18.3 Å². The molecule has 1 atom stereocenters. The maximum Gasteiger partial charge on any atom is 0.263 e. The van der Waals surface area contributed by atoms with Crippen molar-refractivity contribution >= 4 is 11.7 Å². The van der Waals surface area contributed by atoms with Gasteiger partial charge >= 0.3 is 0 Å². The van der Waals surface area contributed by atoms with Gasteiger partial charge in [-0.3, -0.25) is 9.59 Å². The number of hydrogen-bond donors (Lipinski definition) is 0. The van der Waals surface area contributed by atoms with Gasteiger partial charge in [0.25, 0.3) is 5.91 Å². The highest BCUT2D eigenvalue weighted by Crippen LogP contribution is 2.30. The lowest BCUT2D eigenvalue weighted by Gasteiger charge is -2.29. The van der Waals surface area contributed by atoms with E-state index >= 15 is 0 Å². The van der Waals surface area contributed by atoms with Crippen LogP contribution in [0.2, 0.25) is 0 Å². The molecule has 0 saturated carbocycles. The minimum atomic E-state index is -0.585. The van der Waals surface area contributed by atoms with Gasteiger partial charge in [-0.1, -0.05) is 0 Å². The molecular formula is C15H17NO5. The van der Waals surface area contributed by atoms with Crippen LogP contribution in [-0.4, -0.2) is 55.6 Å². The first-order valence-corrected chi connectivity index (χ1v) is 6.98. The lowest BCUT2D eigenvalue weighted by atomic mass is 10.1. The number of rotatable bonds is 3. The van der Waals surface area contributed by atoms with Crippen LogP contribution in [0.5, 0.6) is 11.5 Å². The van der Waals surface area contributed by atoms with Gasteiger partial charge < -0.3 is 19.1 Å². The molecule has 21 heavy (non-hydrogen) atoms. The highest BCUT2D eigenvalue weighted by Gasteiger charge is 2.25. The molecule has 0 aromatic heterocycles. The lowest BCUT2D eigenvalue weighted by Crippen LogP contribution is -2.46. The summed E-state index contributed by atoms with van der Waals surface area (Å²) >= 11 is 0. The summed E-state index contributed by atoms with van der Waals surface area (Å²) in [6.07, 6.45) is -0.585. The van der Waals surface area contributed by atoms with Gasteiger partial charge in [-0.05, 0) is 19.1 Å². The summed E-state index contributed by atoms with van der Waals surface area (Å²) in [7, 11) is 0. The molecule has 1 aromatic carbocycles. The molecular weight excluding hydrogens is 274 g/mol. The van der Waals surface area contributed by atoms with Gasteiger partial charge in [0.15, 0.2) is 12.7 Å². The fourth-order valence-corrected chi connectivity index (χ4v) is 2.44. The van der Waals surface area contributed by atoms with E-state index in [9.17, 15) is 9.59 Å². The van der Waals surface area contributed by atoms with Crippen LogP contribution in [0.25, 0.3) is 0 Å². The first kappa shape index (κ1) is 13.9. The Kier molecular flexibility index (Phi) is 3.79. The van der Waals surface area contributed by atoms with Crippen molar-refractivity contribution in [1.29, 1.82) is 0 Å². The molecule has 0 radical (unpaired) electrons. The van der Waals surface area contributed by atoms with Crippen molar-refractivity contribution in [3.05, 3.63) is 23.8 Å². The second kappa shape index (κ2) is 5.73. The standard InChI is InChI=1S/C15H17NO5/c1-10(15(18)16-4-6-19-7-5-16)21-11-2-3-12-13(17)9-20-14(12)8-11/h2-3,8,10H,4-7,9H2,1H3. The topological polar surface area (TPSA) is 65.1 Å². The molecule has 6 nitrogen and oxygen atoms in total. The summed E-state index contributed by atoms with van der Waals surface area (Å²) in [6, 6.07) is 5.02. The number of fused-ring (bicyclic) bond motifs is 1. The number of morpholine rings is 1.